The Bertz CT molecular complexity index is 496. The van der Waals surface area contributed by atoms with Crippen molar-refractivity contribution in [2.45, 2.75) is 19.4 Å². The molecule has 1 N–H and O–H groups in total. The molecule has 0 aromatic heterocycles. The molecule has 0 saturated heterocycles. The van der Waals surface area contributed by atoms with Gasteiger partial charge in [-0.25, -0.2) is 9.59 Å². The van der Waals surface area contributed by atoms with Crippen LogP contribution in [0.2, 0.25) is 0 Å². The third kappa shape index (κ3) is 3.01. The maximum Gasteiger partial charge on any atom is 0.329 e. The zero-order valence-electron chi connectivity index (χ0n) is 12.4. The summed E-state index contributed by atoms with van der Waals surface area (Å²) in [5.41, 5.74) is -0.624. The lowest BCUT2D eigenvalue weighted by Crippen LogP contribution is -2.54. The fourth-order valence-corrected chi connectivity index (χ4v) is 1.52. The summed E-state index contributed by atoms with van der Waals surface area (Å²) in [5, 5.41) is 9.15. The lowest BCUT2D eigenvalue weighted by Gasteiger charge is -2.34. The molecule has 0 radical (unpaired) electrons. The number of benzene rings is 1. The molecule has 20 heavy (non-hydrogen) atoms. The topological polar surface area (TPSA) is 70.1 Å². The van der Waals surface area contributed by atoms with E-state index in [4.69, 9.17) is 9.84 Å². The van der Waals surface area contributed by atoms with E-state index in [-0.39, 0.29) is 0 Å². The van der Waals surface area contributed by atoms with Gasteiger partial charge in [0.05, 0.1) is 7.11 Å². The number of urea groups is 1. The first kappa shape index (κ1) is 15.8. The van der Waals surface area contributed by atoms with E-state index in [1.54, 1.807) is 38.4 Å². The SMILES string of the molecule is COc1ccc(N(C)C(=O)N(C)C(C)(C)C(=O)O)cc1. The molecule has 1 aromatic rings. The summed E-state index contributed by atoms with van der Waals surface area (Å²) in [4.78, 5) is 26.1. The number of methoxy groups -OCH3 is 1. The van der Waals surface area contributed by atoms with Crippen molar-refractivity contribution in [3.8, 4) is 5.75 Å². The van der Waals surface area contributed by atoms with E-state index in [0.29, 0.717) is 11.4 Å². The summed E-state index contributed by atoms with van der Waals surface area (Å²) >= 11 is 0. The zero-order valence-corrected chi connectivity index (χ0v) is 12.4. The second-order valence-electron chi connectivity index (χ2n) is 4.96. The number of ether oxygens (including phenoxy) is 1. The van der Waals surface area contributed by atoms with Gasteiger partial charge in [0.1, 0.15) is 11.3 Å². The van der Waals surface area contributed by atoms with Crippen LogP contribution in [0.15, 0.2) is 24.3 Å². The molecule has 0 spiro atoms. The van der Waals surface area contributed by atoms with Gasteiger partial charge in [0.15, 0.2) is 0 Å². The number of carbonyl (C=O) groups is 2. The lowest BCUT2D eigenvalue weighted by molar-refractivity contribution is -0.146. The Morgan fingerprint density at radius 2 is 1.65 bits per heavy atom. The molecule has 0 fully saturated rings. The van der Waals surface area contributed by atoms with Gasteiger partial charge in [-0.05, 0) is 38.1 Å². The Balaban J connectivity index is 2.93. The predicted molar refractivity (Wildman–Crippen MR) is 76.3 cm³/mol. The van der Waals surface area contributed by atoms with Gasteiger partial charge in [-0.3, -0.25) is 4.90 Å². The molecule has 0 unspecified atom stereocenters. The number of likely N-dealkylation sites (N-methyl/N-ethyl adjacent to an activating group) is 1. The van der Waals surface area contributed by atoms with Gasteiger partial charge >= 0.3 is 12.0 Å². The first-order valence-corrected chi connectivity index (χ1v) is 6.10. The van der Waals surface area contributed by atoms with Gasteiger partial charge in [0.25, 0.3) is 0 Å². The molecule has 1 rings (SSSR count). The van der Waals surface area contributed by atoms with E-state index in [9.17, 15) is 9.59 Å². The molecule has 0 heterocycles. The van der Waals surface area contributed by atoms with Gasteiger partial charge in [0.2, 0.25) is 0 Å². The van der Waals surface area contributed by atoms with Crippen LogP contribution in [0.25, 0.3) is 0 Å². The number of hydrogen-bond acceptors (Lipinski definition) is 3. The molecule has 0 aliphatic heterocycles. The maximum absolute atomic E-state index is 12.3. The largest absolute Gasteiger partial charge is 0.497 e. The predicted octanol–water partition coefficient (Wildman–Crippen LogP) is 2.05. The lowest BCUT2D eigenvalue weighted by atomic mass is 10.0. The molecule has 0 aliphatic rings. The second-order valence-corrected chi connectivity index (χ2v) is 4.96. The number of anilines is 1. The minimum atomic E-state index is -1.28. The van der Waals surface area contributed by atoms with Crippen LogP contribution in [0.1, 0.15) is 13.8 Å². The van der Waals surface area contributed by atoms with Gasteiger partial charge in [-0.15, -0.1) is 0 Å². The summed E-state index contributed by atoms with van der Waals surface area (Å²) in [6, 6.07) is 6.54. The number of nitrogens with zero attached hydrogens (tertiary/aromatic N) is 2. The van der Waals surface area contributed by atoms with Gasteiger partial charge in [-0.1, -0.05) is 0 Å². The molecule has 0 bridgehead atoms. The molecule has 6 nitrogen and oxygen atoms in total. The Labute approximate surface area is 118 Å². The van der Waals surface area contributed by atoms with Crippen LogP contribution in [0.3, 0.4) is 0 Å². The smallest absolute Gasteiger partial charge is 0.329 e. The van der Waals surface area contributed by atoms with Crippen molar-refractivity contribution in [2.24, 2.45) is 0 Å². The number of aliphatic carboxylic acids is 1. The normalized spacial score (nSPS) is 10.8. The summed E-state index contributed by atoms with van der Waals surface area (Å²) in [5.74, 6) is -0.370. The van der Waals surface area contributed by atoms with Crippen LogP contribution in [0.4, 0.5) is 10.5 Å². The molecular formula is C14H20N2O4. The quantitative estimate of drug-likeness (QED) is 0.916. The van der Waals surface area contributed by atoms with Gasteiger partial charge in [0, 0.05) is 19.8 Å². The summed E-state index contributed by atoms with van der Waals surface area (Å²) in [6.07, 6.45) is 0. The maximum atomic E-state index is 12.3. The van der Waals surface area contributed by atoms with E-state index in [2.05, 4.69) is 0 Å². The molecular weight excluding hydrogens is 260 g/mol. The standard InChI is InChI=1S/C14H20N2O4/c1-14(2,12(17)18)16(4)13(19)15(3)10-6-8-11(20-5)9-7-10/h6-9H,1-5H3,(H,17,18). The zero-order chi connectivity index (χ0) is 15.5. The monoisotopic (exact) mass is 280 g/mol. The van der Waals surface area contributed by atoms with Crippen molar-refractivity contribution in [3.05, 3.63) is 24.3 Å². The number of hydrogen-bond donors (Lipinski definition) is 1. The molecule has 0 aliphatic carbocycles. The Kier molecular flexibility index (Phi) is 4.60. The highest BCUT2D eigenvalue weighted by molar-refractivity contribution is 5.95. The fourth-order valence-electron chi connectivity index (χ4n) is 1.52. The van der Waals surface area contributed by atoms with Crippen LogP contribution in [-0.4, -0.2) is 48.8 Å². The Hall–Kier alpha value is -2.24. The van der Waals surface area contributed by atoms with Crippen LogP contribution in [0.5, 0.6) is 5.75 Å². The summed E-state index contributed by atoms with van der Waals surface area (Å²) < 4.78 is 5.05. The third-order valence-corrected chi connectivity index (χ3v) is 3.40. The number of carboxylic acids is 1. The number of amides is 2. The van der Waals surface area contributed by atoms with Crippen molar-refractivity contribution in [3.63, 3.8) is 0 Å². The van der Waals surface area contributed by atoms with Crippen molar-refractivity contribution >= 4 is 17.7 Å². The molecule has 1 aromatic carbocycles. The molecule has 2 amide bonds. The van der Waals surface area contributed by atoms with Crippen molar-refractivity contribution in [1.82, 2.24) is 4.90 Å². The van der Waals surface area contributed by atoms with Crippen molar-refractivity contribution < 1.29 is 19.4 Å². The number of rotatable bonds is 4. The van der Waals surface area contributed by atoms with E-state index in [1.165, 1.54) is 30.7 Å². The number of carbonyl (C=O) groups excluding carboxylic acids is 1. The molecule has 6 heteroatoms. The number of carboxylic acid groups (broad SMARTS) is 1. The molecule has 0 atom stereocenters. The second kappa shape index (κ2) is 5.81. The van der Waals surface area contributed by atoms with Crippen molar-refractivity contribution in [1.29, 1.82) is 0 Å². The van der Waals surface area contributed by atoms with Crippen LogP contribution < -0.4 is 9.64 Å². The van der Waals surface area contributed by atoms with E-state index < -0.39 is 17.5 Å². The molecule has 110 valence electrons. The van der Waals surface area contributed by atoms with Crippen LogP contribution >= 0.6 is 0 Å². The molecule has 0 saturated carbocycles. The van der Waals surface area contributed by atoms with E-state index >= 15 is 0 Å². The average molecular weight is 280 g/mol. The van der Waals surface area contributed by atoms with Crippen LogP contribution in [0, 0.1) is 0 Å². The minimum absolute atomic E-state index is 0.400. The van der Waals surface area contributed by atoms with Crippen LogP contribution in [-0.2, 0) is 4.79 Å². The van der Waals surface area contributed by atoms with E-state index in [1.807, 2.05) is 0 Å². The summed E-state index contributed by atoms with van der Waals surface area (Å²) in [7, 11) is 4.63. The average Bonchev–Trinajstić information content (AvgIpc) is 2.44. The fraction of sp³-hybridized carbons (Fsp3) is 0.429. The van der Waals surface area contributed by atoms with Crippen molar-refractivity contribution in [2.75, 3.05) is 26.1 Å². The highest BCUT2D eigenvalue weighted by atomic mass is 16.5. The first-order valence-electron chi connectivity index (χ1n) is 6.10. The Morgan fingerprint density at radius 3 is 2.05 bits per heavy atom. The first-order chi connectivity index (χ1) is 9.21. The highest BCUT2D eigenvalue weighted by Crippen LogP contribution is 2.21. The highest BCUT2D eigenvalue weighted by Gasteiger charge is 2.36. The Morgan fingerprint density at radius 1 is 1.15 bits per heavy atom. The van der Waals surface area contributed by atoms with Gasteiger partial charge in [-0.2, -0.15) is 0 Å². The third-order valence-electron chi connectivity index (χ3n) is 3.40. The van der Waals surface area contributed by atoms with E-state index in [0.717, 1.165) is 0 Å². The van der Waals surface area contributed by atoms with Gasteiger partial charge < -0.3 is 14.7 Å². The minimum Gasteiger partial charge on any atom is -0.497 e. The summed E-state index contributed by atoms with van der Waals surface area (Å²) in [6.45, 7) is 2.96.